The lowest BCUT2D eigenvalue weighted by Gasteiger charge is -2.09. The van der Waals surface area contributed by atoms with Gasteiger partial charge in [0.2, 0.25) is 0 Å². The molecule has 2 aromatic rings. The van der Waals surface area contributed by atoms with Crippen LogP contribution in [0.1, 0.15) is 18.1 Å². The van der Waals surface area contributed by atoms with E-state index < -0.39 is 0 Å². The van der Waals surface area contributed by atoms with Crippen LogP contribution in [0.15, 0.2) is 42.5 Å². The predicted molar refractivity (Wildman–Crippen MR) is 79.6 cm³/mol. The second-order valence-electron chi connectivity index (χ2n) is 4.40. The average molecular weight is 294 g/mol. The molecular weight excluding hydrogens is 277 g/mol. The van der Waals surface area contributed by atoms with Gasteiger partial charge < -0.3 is 10.1 Å². The fraction of sp³-hybridized carbons (Fsp3) is 0.250. The number of rotatable bonds is 6. The Hall–Kier alpha value is -1.58. The number of ether oxygens (including phenoxy) is 1. The first-order chi connectivity index (χ1) is 9.70. The van der Waals surface area contributed by atoms with Gasteiger partial charge in [-0.3, -0.25) is 0 Å². The second-order valence-corrected chi connectivity index (χ2v) is 4.80. The Kier molecular flexibility index (Phi) is 5.39. The summed E-state index contributed by atoms with van der Waals surface area (Å²) in [5.74, 6) is 0.491. The van der Waals surface area contributed by atoms with Gasteiger partial charge in [0.25, 0.3) is 0 Å². The largest absolute Gasteiger partial charge is 0.494 e. The second kappa shape index (κ2) is 7.27. The van der Waals surface area contributed by atoms with Crippen molar-refractivity contribution in [1.82, 2.24) is 5.32 Å². The van der Waals surface area contributed by atoms with E-state index in [2.05, 4.69) is 5.32 Å². The third-order valence-corrected chi connectivity index (χ3v) is 3.18. The number of hydrogen-bond acceptors (Lipinski definition) is 2. The molecule has 20 heavy (non-hydrogen) atoms. The Bertz CT molecular complexity index is 574. The van der Waals surface area contributed by atoms with E-state index in [4.69, 9.17) is 16.3 Å². The third-order valence-electron chi connectivity index (χ3n) is 2.89. The van der Waals surface area contributed by atoms with Gasteiger partial charge in [-0.25, -0.2) is 4.39 Å². The number of benzene rings is 2. The minimum Gasteiger partial charge on any atom is -0.494 e. The van der Waals surface area contributed by atoms with Crippen LogP contribution in [0, 0.1) is 5.82 Å². The van der Waals surface area contributed by atoms with Crippen molar-refractivity contribution in [3.8, 4) is 5.75 Å². The number of halogens is 2. The van der Waals surface area contributed by atoms with Gasteiger partial charge in [0.05, 0.1) is 11.6 Å². The summed E-state index contributed by atoms with van der Waals surface area (Å²) < 4.78 is 19.1. The summed E-state index contributed by atoms with van der Waals surface area (Å²) in [4.78, 5) is 0. The molecule has 2 nitrogen and oxygen atoms in total. The normalized spacial score (nSPS) is 10.6. The van der Waals surface area contributed by atoms with Crippen molar-refractivity contribution in [2.45, 2.75) is 20.0 Å². The summed E-state index contributed by atoms with van der Waals surface area (Å²) in [6.45, 7) is 3.68. The Morgan fingerprint density at radius 2 is 1.95 bits per heavy atom. The Labute approximate surface area is 123 Å². The molecule has 0 aliphatic heterocycles. The summed E-state index contributed by atoms with van der Waals surface area (Å²) in [6.07, 6.45) is 0. The maximum Gasteiger partial charge on any atom is 0.146 e. The average Bonchev–Trinajstić information content (AvgIpc) is 2.44. The van der Waals surface area contributed by atoms with E-state index in [0.29, 0.717) is 25.3 Å². The number of hydrogen-bond donors (Lipinski definition) is 1. The van der Waals surface area contributed by atoms with Crippen LogP contribution in [0.5, 0.6) is 5.75 Å². The molecule has 0 bridgehead atoms. The molecule has 1 N–H and O–H groups in total. The summed E-state index contributed by atoms with van der Waals surface area (Å²) in [6, 6.07) is 12.9. The van der Waals surface area contributed by atoms with E-state index in [0.717, 1.165) is 11.3 Å². The van der Waals surface area contributed by atoms with Gasteiger partial charge in [-0.2, -0.15) is 0 Å². The monoisotopic (exact) mass is 293 g/mol. The molecule has 0 atom stereocenters. The SMILES string of the molecule is CCOc1cccc(CNCc2cccc(Cl)c2F)c1. The molecule has 0 aliphatic rings. The minimum absolute atomic E-state index is 0.155. The van der Waals surface area contributed by atoms with Gasteiger partial charge in [0, 0.05) is 18.7 Å². The van der Waals surface area contributed by atoms with E-state index >= 15 is 0 Å². The molecule has 0 heterocycles. The van der Waals surface area contributed by atoms with E-state index in [1.54, 1.807) is 18.2 Å². The van der Waals surface area contributed by atoms with Crippen LogP contribution >= 0.6 is 11.6 Å². The van der Waals surface area contributed by atoms with E-state index in [-0.39, 0.29) is 10.8 Å². The smallest absolute Gasteiger partial charge is 0.146 e. The van der Waals surface area contributed by atoms with Crippen LogP contribution < -0.4 is 10.1 Å². The lowest BCUT2D eigenvalue weighted by atomic mass is 10.2. The standard InChI is InChI=1S/C16H17ClFNO/c1-2-20-14-7-3-5-12(9-14)10-19-11-13-6-4-8-15(17)16(13)18/h3-9,19H,2,10-11H2,1H3. The molecule has 0 unspecified atom stereocenters. The van der Waals surface area contributed by atoms with Crippen LogP contribution in [0.4, 0.5) is 4.39 Å². The molecule has 2 rings (SSSR count). The molecule has 0 aliphatic carbocycles. The first kappa shape index (κ1) is 14.8. The zero-order chi connectivity index (χ0) is 14.4. The van der Waals surface area contributed by atoms with Crippen LogP contribution in [-0.2, 0) is 13.1 Å². The quantitative estimate of drug-likeness (QED) is 0.863. The lowest BCUT2D eigenvalue weighted by Crippen LogP contribution is -2.13. The molecule has 0 amide bonds. The van der Waals surface area contributed by atoms with Gasteiger partial charge >= 0.3 is 0 Å². The molecule has 2 aromatic carbocycles. The van der Waals surface area contributed by atoms with Crippen molar-refractivity contribution in [3.05, 3.63) is 64.4 Å². The van der Waals surface area contributed by atoms with Crippen molar-refractivity contribution in [3.63, 3.8) is 0 Å². The zero-order valence-electron chi connectivity index (χ0n) is 11.3. The molecule has 0 radical (unpaired) electrons. The molecular formula is C16H17ClFNO. The van der Waals surface area contributed by atoms with E-state index in [9.17, 15) is 4.39 Å². The summed E-state index contributed by atoms with van der Waals surface area (Å²) in [7, 11) is 0. The lowest BCUT2D eigenvalue weighted by molar-refractivity contribution is 0.340. The van der Waals surface area contributed by atoms with Gasteiger partial charge in [-0.1, -0.05) is 35.9 Å². The van der Waals surface area contributed by atoms with Crippen molar-refractivity contribution < 1.29 is 9.13 Å². The van der Waals surface area contributed by atoms with E-state index in [1.807, 2.05) is 31.2 Å². The molecule has 0 fully saturated rings. The first-order valence-electron chi connectivity index (χ1n) is 6.56. The Balaban J connectivity index is 1.92. The predicted octanol–water partition coefficient (Wildman–Crippen LogP) is 4.17. The highest BCUT2D eigenvalue weighted by atomic mass is 35.5. The van der Waals surface area contributed by atoms with Crippen LogP contribution in [0.25, 0.3) is 0 Å². The molecule has 0 saturated heterocycles. The third kappa shape index (κ3) is 3.95. The van der Waals surface area contributed by atoms with Gasteiger partial charge in [0.15, 0.2) is 0 Å². The Morgan fingerprint density at radius 3 is 2.75 bits per heavy atom. The molecule has 106 valence electrons. The topological polar surface area (TPSA) is 21.3 Å². The highest BCUT2D eigenvalue weighted by molar-refractivity contribution is 6.30. The first-order valence-corrected chi connectivity index (χ1v) is 6.94. The summed E-state index contributed by atoms with van der Waals surface area (Å²) in [5, 5.41) is 3.36. The van der Waals surface area contributed by atoms with Crippen molar-refractivity contribution in [2.24, 2.45) is 0 Å². The van der Waals surface area contributed by atoms with Crippen molar-refractivity contribution in [1.29, 1.82) is 0 Å². The van der Waals surface area contributed by atoms with Crippen LogP contribution in [0.3, 0.4) is 0 Å². The maximum atomic E-state index is 13.7. The van der Waals surface area contributed by atoms with Gasteiger partial charge in [-0.05, 0) is 30.7 Å². The summed E-state index contributed by atoms with van der Waals surface area (Å²) in [5.41, 5.74) is 1.66. The van der Waals surface area contributed by atoms with Crippen molar-refractivity contribution in [2.75, 3.05) is 6.61 Å². The summed E-state index contributed by atoms with van der Waals surface area (Å²) >= 11 is 5.75. The van der Waals surface area contributed by atoms with Gasteiger partial charge in [-0.15, -0.1) is 0 Å². The zero-order valence-corrected chi connectivity index (χ0v) is 12.1. The molecule has 0 spiro atoms. The highest BCUT2D eigenvalue weighted by Crippen LogP contribution is 2.18. The van der Waals surface area contributed by atoms with Crippen LogP contribution in [0.2, 0.25) is 5.02 Å². The van der Waals surface area contributed by atoms with Crippen LogP contribution in [-0.4, -0.2) is 6.61 Å². The molecule has 0 aromatic heterocycles. The fourth-order valence-electron chi connectivity index (χ4n) is 1.94. The maximum absolute atomic E-state index is 13.7. The van der Waals surface area contributed by atoms with Crippen molar-refractivity contribution >= 4 is 11.6 Å². The molecule has 0 saturated carbocycles. The fourth-order valence-corrected chi connectivity index (χ4v) is 2.13. The van der Waals surface area contributed by atoms with E-state index in [1.165, 1.54) is 0 Å². The minimum atomic E-state index is -0.357. The molecule has 4 heteroatoms. The van der Waals surface area contributed by atoms with Gasteiger partial charge in [0.1, 0.15) is 11.6 Å². The Morgan fingerprint density at radius 1 is 1.15 bits per heavy atom. The highest BCUT2D eigenvalue weighted by Gasteiger charge is 2.05. The number of nitrogens with one attached hydrogen (secondary N) is 1.